The summed E-state index contributed by atoms with van der Waals surface area (Å²) >= 11 is 1.59. The normalized spacial score (nSPS) is 13.1. The molecule has 1 atom stereocenters. The Bertz CT molecular complexity index is 867. The van der Waals surface area contributed by atoms with Gasteiger partial charge in [-0.05, 0) is 48.6 Å². The fraction of sp³-hybridized carbons (Fsp3) is 0.235. The van der Waals surface area contributed by atoms with Crippen molar-refractivity contribution in [1.29, 1.82) is 0 Å². The largest absolute Gasteiger partial charge is 0.263 e. The molecule has 1 aromatic carbocycles. The first-order valence-electron chi connectivity index (χ1n) is 7.57. The van der Waals surface area contributed by atoms with Gasteiger partial charge in [-0.25, -0.2) is 13.1 Å². The lowest BCUT2D eigenvalue weighted by molar-refractivity contribution is 0.511. The molecule has 0 aliphatic heterocycles. The molecule has 0 amide bonds. The first-order chi connectivity index (χ1) is 11.5. The Kier molecular flexibility index (Phi) is 4.84. The molecule has 126 valence electrons. The van der Waals surface area contributed by atoms with Crippen LogP contribution in [0.3, 0.4) is 0 Å². The van der Waals surface area contributed by atoms with E-state index >= 15 is 0 Å². The summed E-state index contributed by atoms with van der Waals surface area (Å²) in [5.74, 6) is 0. The fourth-order valence-corrected chi connectivity index (χ4v) is 4.72. The van der Waals surface area contributed by atoms with Crippen LogP contribution in [0.5, 0.6) is 0 Å². The molecule has 7 heteroatoms. The number of nitrogens with one attached hydrogen (secondary N) is 1. The first kappa shape index (κ1) is 16.9. The van der Waals surface area contributed by atoms with Crippen LogP contribution in [0, 0.1) is 13.8 Å². The molecule has 2 aromatic heterocycles. The molecule has 5 nitrogen and oxygen atoms in total. The van der Waals surface area contributed by atoms with E-state index in [0.717, 1.165) is 16.0 Å². The molecule has 0 aliphatic carbocycles. The maximum Gasteiger partial charge on any atom is 0.240 e. The maximum absolute atomic E-state index is 12.7. The predicted molar refractivity (Wildman–Crippen MR) is 95.8 cm³/mol. The monoisotopic (exact) mass is 361 g/mol. The van der Waals surface area contributed by atoms with Gasteiger partial charge >= 0.3 is 0 Å². The summed E-state index contributed by atoms with van der Waals surface area (Å²) in [5.41, 5.74) is 1.66. The quantitative estimate of drug-likeness (QED) is 0.734. The third kappa shape index (κ3) is 3.58. The molecule has 0 saturated heterocycles. The summed E-state index contributed by atoms with van der Waals surface area (Å²) in [7, 11) is -3.58. The van der Waals surface area contributed by atoms with Gasteiger partial charge in [-0.1, -0.05) is 18.2 Å². The zero-order valence-electron chi connectivity index (χ0n) is 13.5. The van der Waals surface area contributed by atoms with E-state index in [9.17, 15) is 8.42 Å². The summed E-state index contributed by atoms with van der Waals surface area (Å²) in [6, 6.07) is 11.0. The number of rotatable bonds is 6. The Morgan fingerprint density at radius 2 is 2.08 bits per heavy atom. The summed E-state index contributed by atoms with van der Waals surface area (Å²) < 4.78 is 29.9. The highest BCUT2D eigenvalue weighted by Crippen LogP contribution is 2.23. The van der Waals surface area contributed by atoms with Crippen LogP contribution in [-0.4, -0.2) is 24.7 Å². The first-order valence-corrected chi connectivity index (χ1v) is 9.93. The molecule has 24 heavy (non-hydrogen) atoms. The Morgan fingerprint density at radius 1 is 1.25 bits per heavy atom. The topological polar surface area (TPSA) is 64.0 Å². The number of hydrogen-bond donors (Lipinski definition) is 1. The Hall–Kier alpha value is -1.96. The van der Waals surface area contributed by atoms with Crippen molar-refractivity contribution in [3.8, 4) is 0 Å². The summed E-state index contributed by atoms with van der Waals surface area (Å²) in [5, 5.41) is 6.24. The zero-order valence-corrected chi connectivity index (χ0v) is 15.1. The van der Waals surface area contributed by atoms with E-state index in [1.807, 2.05) is 48.8 Å². The number of nitrogens with zero attached hydrogens (tertiary/aromatic N) is 2. The van der Waals surface area contributed by atoms with Crippen molar-refractivity contribution in [3.05, 3.63) is 70.2 Å². The van der Waals surface area contributed by atoms with E-state index in [1.165, 1.54) is 0 Å². The number of thiophene rings is 1. The second kappa shape index (κ2) is 6.88. The van der Waals surface area contributed by atoms with E-state index in [4.69, 9.17) is 0 Å². The van der Waals surface area contributed by atoms with Crippen molar-refractivity contribution in [2.45, 2.75) is 24.8 Å². The molecular weight excluding hydrogens is 342 g/mol. The smallest absolute Gasteiger partial charge is 0.240 e. The molecule has 2 heterocycles. The summed E-state index contributed by atoms with van der Waals surface area (Å²) in [6.45, 7) is 3.94. The van der Waals surface area contributed by atoms with Crippen LogP contribution in [0.4, 0.5) is 0 Å². The molecular formula is C17H19N3O2S2. The highest BCUT2D eigenvalue weighted by atomic mass is 32.2. The van der Waals surface area contributed by atoms with Crippen molar-refractivity contribution < 1.29 is 8.42 Å². The van der Waals surface area contributed by atoms with Crippen molar-refractivity contribution in [2.24, 2.45) is 0 Å². The highest BCUT2D eigenvalue weighted by molar-refractivity contribution is 7.89. The maximum atomic E-state index is 12.7. The third-order valence-corrected chi connectivity index (χ3v) is 6.35. The number of aryl methyl sites for hydroxylation is 2. The average molecular weight is 361 g/mol. The van der Waals surface area contributed by atoms with E-state index in [-0.39, 0.29) is 12.6 Å². The Balaban J connectivity index is 1.85. The lowest BCUT2D eigenvalue weighted by atomic mass is 10.2. The fourth-order valence-electron chi connectivity index (χ4n) is 2.53. The molecule has 1 N–H and O–H groups in total. The van der Waals surface area contributed by atoms with Crippen LogP contribution >= 0.6 is 11.3 Å². The van der Waals surface area contributed by atoms with Gasteiger partial charge in [0.2, 0.25) is 10.0 Å². The summed E-state index contributed by atoms with van der Waals surface area (Å²) in [6.07, 6.45) is 3.54. The van der Waals surface area contributed by atoms with Crippen LogP contribution in [0.1, 0.15) is 22.0 Å². The predicted octanol–water partition coefficient (Wildman–Crippen LogP) is 3.13. The number of aromatic nitrogens is 2. The molecule has 3 aromatic rings. The van der Waals surface area contributed by atoms with Gasteiger partial charge in [0.05, 0.1) is 10.9 Å². The van der Waals surface area contributed by atoms with Crippen molar-refractivity contribution in [2.75, 3.05) is 6.54 Å². The van der Waals surface area contributed by atoms with Crippen molar-refractivity contribution in [3.63, 3.8) is 0 Å². The van der Waals surface area contributed by atoms with Gasteiger partial charge in [0, 0.05) is 23.8 Å². The lowest BCUT2D eigenvalue weighted by Gasteiger charge is -2.18. The standard InChI is InChI=1S/C17H19N3O2S2/c1-13-6-7-14(2)17(11-13)24(21,22)19-12-15(16-5-3-10-23-16)20-9-4-8-18-20/h3-11,15,19H,12H2,1-2H3. The molecule has 0 aliphatic rings. The molecule has 0 fully saturated rings. The minimum absolute atomic E-state index is 0.167. The average Bonchev–Trinajstić information content (AvgIpc) is 3.23. The minimum Gasteiger partial charge on any atom is -0.263 e. The van der Waals surface area contributed by atoms with Gasteiger partial charge in [-0.3, -0.25) is 4.68 Å². The number of sulfonamides is 1. The summed E-state index contributed by atoms with van der Waals surface area (Å²) in [4.78, 5) is 1.38. The zero-order chi connectivity index (χ0) is 17.2. The molecule has 1 unspecified atom stereocenters. The van der Waals surface area contributed by atoms with Gasteiger partial charge in [0.25, 0.3) is 0 Å². The molecule has 0 spiro atoms. The van der Waals surface area contributed by atoms with Crippen molar-refractivity contribution in [1.82, 2.24) is 14.5 Å². The molecule has 3 rings (SSSR count). The second-order valence-corrected chi connectivity index (χ2v) is 8.35. The van der Waals surface area contributed by atoms with E-state index < -0.39 is 10.0 Å². The van der Waals surface area contributed by atoms with Gasteiger partial charge in [0.15, 0.2) is 0 Å². The van der Waals surface area contributed by atoms with Crippen LogP contribution in [-0.2, 0) is 10.0 Å². The minimum atomic E-state index is -3.58. The van der Waals surface area contributed by atoms with E-state index in [0.29, 0.717) is 4.90 Å². The van der Waals surface area contributed by atoms with Gasteiger partial charge < -0.3 is 0 Å². The molecule has 0 bridgehead atoms. The van der Waals surface area contributed by atoms with E-state index in [2.05, 4.69) is 9.82 Å². The molecule has 0 radical (unpaired) electrons. The lowest BCUT2D eigenvalue weighted by Crippen LogP contribution is -2.31. The third-order valence-electron chi connectivity index (χ3n) is 3.82. The van der Waals surface area contributed by atoms with Crippen LogP contribution in [0.25, 0.3) is 0 Å². The van der Waals surface area contributed by atoms with Crippen molar-refractivity contribution >= 4 is 21.4 Å². The Morgan fingerprint density at radius 3 is 2.75 bits per heavy atom. The number of benzene rings is 1. The van der Waals surface area contributed by atoms with Crippen LogP contribution in [0.15, 0.2) is 59.1 Å². The van der Waals surface area contributed by atoms with Gasteiger partial charge in [-0.15, -0.1) is 11.3 Å². The van der Waals surface area contributed by atoms with Gasteiger partial charge in [0.1, 0.15) is 0 Å². The highest BCUT2D eigenvalue weighted by Gasteiger charge is 2.21. The van der Waals surface area contributed by atoms with Crippen LogP contribution in [0.2, 0.25) is 0 Å². The SMILES string of the molecule is Cc1ccc(C)c(S(=O)(=O)NCC(c2cccs2)n2cccn2)c1. The molecule has 0 saturated carbocycles. The van der Waals surface area contributed by atoms with Crippen LogP contribution < -0.4 is 4.72 Å². The van der Waals surface area contributed by atoms with E-state index in [1.54, 1.807) is 35.2 Å². The van der Waals surface area contributed by atoms with Gasteiger partial charge in [-0.2, -0.15) is 5.10 Å². The number of hydrogen-bond acceptors (Lipinski definition) is 4. The Labute approximate surface area is 146 Å². The second-order valence-electron chi connectivity index (χ2n) is 5.64.